The number of anilines is 2. The van der Waals surface area contributed by atoms with Crippen molar-refractivity contribution in [2.45, 2.75) is 32.7 Å². The molecule has 2 N–H and O–H groups in total. The predicted octanol–water partition coefficient (Wildman–Crippen LogP) is 4.02. The Hall–Kier alpha value is -2.82. The molecule has 0 bridgehead atoms. The number of rotatable bonds is 3. The Bertz CT molecular complexity index is 914. The Morgan fingerprint density at radius 3 is 3.08 bits per heavy atom. The fourth-order valence-electron chi connectivity index (χ4n) is 3.14. The molecule has 0 atom stereocenters. The molecule has 2 heterocycles. The van der Waals surface area contributed by atoms with E-state index in [-0.39, 0.29) is 5.91 Å². The summed E-state index contributed by atoms with van der Waals surface area (Å²) < 4.78 is 5.58. The first kappa shape index (κ1) is 14.8. The molecule has 0 saturated carbocycles. The molecule has 122 valence electrons. The molecule has 5 heteroatoms. The third kappa shape index (κ3) is 2.85. The fourth-order valence-corrected chi connectivity index (χ4v) is 3.14. The SMILES string of the molecule is Cc1nc2c(CNc3ccc4c(c3)CCCC(=O)N4)cccc2o1. The van der Waals surface area contributed by atoms with Crippen molar-refractivity contribution in [3.63, 3.8) is 0 Å². The number of hydrogen-bond acceptors (Lipinski definition) is 4. The summed E-state index contributed by atoms with van der Waals surface area (Å²) in [6, 6.07) is 12.1. The summed E-state index contributed by atoms with van der Waals surface area (Å²) in [5, 5.41) is 6.41. The number of nitrogens with zero attached hydrogens (tertiary/aromatic N) is 1. The van der Waals surface area contributed by atoms with Crippen molar-refractivity contribution >= 4 is 28.4 Å². The first-order valence-electron chi connectivity index (χ1n) is 8.21. The van der Waals surface area contributed by atoms with Crippen LogP contribution in [0, 0.1) is 6.92 Å². The lowest BCUT2D eigenvalue weighted by Crippen LogP contribution is -2.09. The predicted molar refractivity (Wildman–Crippen MR) is 94.1 cm³/mol. The summed E-state index contributed by atoms with van der Waals surface area (Å²) in [5.41, 5.74) is 5.98. The van der Waals surface area contributed by atoms with Crippen molar-refractivity contribution in [1.29, 1.82) is 0 Å². The molecule has 1 aliphatic heterocycles. The fraction of sp³-hybridized carbons (Fsp3) is 0.263. The lowest BCUT2D eigenvalue weighted by Gasteiger charge is -2.11. The Morgan fingerprint density at radius 1 is 1.25 bits per heavy atom. The molecular formula is C19H19N3O2. The molecule has 2 aromatic carbocycles. The minimum atomic E-state index is 0.0996. The van der Waals surface area contributed by atoms with Gasteiger partial charge < -0.3 is 15.1 Å². The number of fused-ring (bicyclic) bond motifs is 2. The van der Waals surface area contributed by atoms with E-state index in [1.165, 1.54) is 5.56 Å². The van der Waals surface area contributed by atoms with Gasteiger partial charge in [0.25, 0.3) is 0 Å². The van der Waals surface area contributed by atoms with E-state index < -0.39 is 0 Å². The van der Waals surface area contributed by atoms with Crippen molar-refractivity contribution in [3.8, 4) is 0 Å². The summed E-state index contributed by atoms with van der Waals surface area (Å²) in [6.45, 7) is 2.53. The molecule has 5 nitrogen and oxygen atoms in total. The van der Waals surface area contributed by atoms with E-state index in [2.05, 4.69) is 27.8 Å². The summed E-state index contributed by atoms with van der Waals surface area (Å²) in [7, 11) is 0. The highest BCUT2D eigenvalue weighted by molar-refractivity contribution is 5.92. The number of carbonyl (C=O) groups is 1. The quantitative estimate of drug-likeness (QED) is 0.764. The van der Waals surface area contributed by atoms with E-state index in [1.807, 2.05) is 31.2 Å². The minimum Gasteiger partial charge on any atom is -0.441 e. The van der Waals surface area contributed by atoms with E-state index in [0.29, 0.717) is 18.9 Å². The molecular weight excluding hydrogens is 302 g/mol. The van der Waals surface area contributed by atoms with Crippen LogP contribution in [0.1, 0.15) is 29.9 Å². The maximum Gasteiger partial charge on any atom is 0.224 e. The number of aromatic nitrogens is 1. The van der Waals surface area contributed by atoms with E-state index in [1.54, 1.807) is 0 Å². The van der Waals surface area contributed by atoms with Crippen molar-refractivity contribution < 1.29 is 9.21 Å². The van der Waals surface area contributed by atoms with Crippen LogP contribution in [0.4, 0.5) is 11.4 Å². The highest BCUT2D eigenvalue weighted by Gasteiger charge is 2.13. The van der Waals surface area contributed by atoms with Gasteiger partial charge in [0.15, 0.2) is 11.5 Å². The van der Waals surface area contributed by atoms with Crippen LogP contribution in [0.2, 0.25) is 0 Å². The molecule has 24 heavy (non-hydrogen) atoms. The van der Waals surface area contributed by atoms with Gasteiger partial charge >= 0.3 is 0 Å². The molecule has 0 spiro atoms. The molecule has 1 aromatic heterocycles. The number of oxazole rings is 1. The largest absolute Gasteiger partial charge is 0.441 e. The van der Waals surface area contributed by atoms with Crippen LogP contribution in [0.15, 0.2) is 40.8 Å². The maximum atomic E-state index is 11.6. The van der Waals surface area contributed by atoms with Crippen molar-refractivity contribution in [1.82, 2.24) is 4.98 Å². The molecule has 1 aliphatic rings. The second-order valence-electron chi connectivity index (χ2n) is 6.12. The first-order valence-corrected chi connectivity index (χ1v) is 8.21. The van der Waals surface area contributed by atoms with Gasteiger partial charge in [-0.25, -0.2) is 4.98 Å². The number of para-hydroxylation sites is 1. The van der Waals surface area contributed by atoms with Crippen LogP contribution in [-0.4, -0.2) is 10.9 Å². The third-order valence-corrected chi connectivity index (χ3v) is 4.32. The number of amides is 1. The van der Waals surface area contributed by atoms with E-state index >= 15 is 0 Å². The van der Waals surface area contributed by atoms with Crippen LogP contribution in [-0.2, 0) is 17.8 Å². The Kier molecular flexibility index (Phi) is 3.69. The highest BCUT2D eigenvalue weighted by atomic mass is 16.3. The third-order valence-electron chi connectivity index (χ3n) is 4.32. The molecule has 0 saturated heterocycles. The second kappa shape index (κ2) is 6.00. The molecule has 0 fully saturated rings. The summed E-state index contributed by atoms with van der Waals surface area (Å²) in [4.78, 5) is 16.1. The number of hydrogen-bond donors (Lipinski definition) is 2. The van der Waals surface area contributed by atoms with Gasteiger partial charge in [-0.1, -0.05) is 12.1 Å². The number of benzene rings is 2. The Balaban J connectivity index is 1.55. The zero-order valence-electron chi connectivity index (χ0n) is 13.6. The van der Waals surface area contributed by atoms with Crippen LogP contribution in [0.3, 0.4) is 0 Å². The summed E-state index contributed by atoms with van der Waals surface area (Å²) in [5.74, 6) is 0.778. The first-order chi connectivity index (χ1) is 11.7. The van der Waals surface area contributed by atoms with Gasteiger partial charge in [0.2, 0.25) is 5.91 Å². The maximum absolute atomic E-state index is 11.6. The molecule has 0 radical (unpaired) electrons. The number of aryl methyl sites for hydroxylation is 2. The number of nitrogens with one attached hydrogen (secondary N) is 2. The molecule has 3 aromatic rings. The van der Waals surface area contributed by atoms with Gasteiger partial charge in [-0.2, -0.15) is 0 Å². The van der Waals surface area contributed by atoms with Crippen molar-refractivity contribution in [2.24, 2.45) is 0 Å². The van der Waals surface area contributed by atoms with Crippen molar-refractivity contribution in [2.75, 3.05) is 10.6 Å². The van der Waals surface area contributed by atoms with Gasteiger partial charge in [-0.3, -0.25) is 4.79 Å². The Labute approximate surface area is 140 Å². The topological polar surface area (TPSA) is 67.2 Å². The Morgan fingerprint density at radius 2 is 2.17 bits per heavy atom. The average molecular weight is 321 g/mol. The van der Waals surface area contributed by atoms with Gasteiger partial charge in [0.05, 0.1) is 0 Å². The normalized spacial score (nSPS) is 14.1. The molecule has 0 unspecified atom stereocenters. The van der Waals surface area contributed by atoms with Gasteiger partial charge in [-0.15, -0.1) is 0 Å². The lowest BCUT2D eigenvalue weighted by molar-refractivity contribution is -0.116. The minimum absolute atomic E-state index is 0.0996. The summed E-state index contributed by atoms with van der Waals surface area (Å²) in [6.07, 6.45) is 2.40. The standard InChI is InChI=1S/C19H19N3O2/c1-12-21-19-14(5-2-6-17(19)24-12)11-20-15-8-9-16-13(10-15)4-3-7-18(23)22-16/h2,5-6,8-10,20H,3-4,7,11H2,1H3,(H,22,23). The smallest absolute Gasteiger partial charge is 0.224 e. The lowest BCUT2D eigenvalue weighted by atomic mass is 10.1. The molecule has 4 rings (SSSR count). The van der Waals surface area contributed by atoms with Gasteiger partial charge in [0.1, 0.15) is 5.52 Å². The van der Waals surface area contributed by atoms with E-state index in [0.717, 1.165) is 40.9 Å². The highest BCUT2D eigenvalue weighted by Crippen LogP contribution is 2.26. The average Bonchev–Trinajstić information content (AvgIpc) is 2.85. The zero-order valence-corrected chi connectivity index (χ0v) is 13.6. The second-order valence-corrected chi connectivity index (χ2v) is 6.12. The van der Waals surface area contributed by atoms with Crippen LogP contribution < -0.4 is 10.6 Å². The van der Waals surface area contributed by atoms with E-state index in [4.69, 9.17) is 4.42 Å². The van der Waals surface area contributed by atoms with Crippen molar-refractivity contribution in [3.05, 3.63) is 53.4 Å². The summed E-state index contributed by atoms with van der Waals surface area (Å²) >= 11 is 0. The number of carbonyl (C=O) groups excluding carboxylic acids is 1. The van der Waals surface area contributed by atoms with Gasteiger partial charge in [-0.05, 0) is 42.7 Å². The van der Waals surface area contributed by atoms with Crippen LogP contribution >= 0.6 is 0 Å². The monoisotopic (exact) mass is 321 g/mol. The zero-order chi connectivity index (χ0) is 16.5. The molecule has 0 aliphatic carbocycles. The van der Waals surface area contributed by atoms with E-state index in [9.17, 15) is 4.79 Å². The molecule has 1 amide bonds. The van der Waals surface area contributed by atoms with Crippen LogP contribution in [0.5, 0.6) is 0 Å². The van der Waals surface area contributed by atoms with Gasteiger partial charge in [0, 0.05) is 36.8 Å². The van der Waals surface area contributed by atoms with Crippen LogP contribution in [0.25, 0.3) is 11.1 Å².